The molecule has 2 aliphatic rings. The van der Waals surface area contributed by atoms with Crippen molar-refractivity contribution in [1.82, 2.24) is 4.90 Å². The summed E-state index contributed by atoms with van der Waals surface area (Å²) >= 11 is 0. The Morgan fingerprint density at radius 2 is 1.77 bits per heavy atom. The lowest BCUT2D eigenvalue weighted by Crippen LogP contribution is -2.36. The first kappa shape index (κ1) is 20.9. The van der Waals surface area contributed by atoms with Gasteiger partial charge in [0.2, 0.25) is 0 Å². The van der Waals surface area contributed by atoms with Crippen LogP contribution in [-0.2, 0) is 16.0 Å². The van der Waals surface area contributed by atoms with E-state index in [1.807, 2.05) is 24.3 Å². The number of rotatable bonds is 9. The number of nitrogens with zero attached hydrogens (tertiary/aromatic N) is 1. The zero-order valence-corrected chi connectivity index (χ0v) is 18.0. The van der Waals surface area contributed by atoms with Crippen molar-refractivity contribution in [3.63, 3.8) is 0 Å². The van der Waals surface area contributed by atoms with Crippen molar-refractivity contribution in [3.8, 4) is 5.75 Å². The first-order valence-electron chi connectivity index (χ1n) is 11.3. The Balaban J connectivity index is 1.11. The average Bonchev–Trinajstić information content (AvgIpc) is 3.56. The number of hydrogen-bond donors (Lipinski definition) is 0. The van der Waals surface area contributed by atoms with E-state index in [0.717, 1.165) is 35.6 Å². The highest BCUT2D eigenvalue weighted by atomic mass is 16.5. The number of benzene rings is 2. The van der Waals surface area contributed by atoms with Crippen LogP contribution in [0.25, 0.3) is 0 Å². The predicted octanol–water partition coefficient (Wildman–Crippen LogP) is 4.69. The highest BCUT2D eigenvalue weighted by Crippen LogP contribution is 2.51. The zero-order valence-electron chi connectivity index (χ0n) is 18.0. The van der Waals surface area contributed by atoms with E-state index in [4.69, 9.17) is 9.47 Å². The smallest absolute Gasteiger partial charge is 0.309 e. The molecular formula is C26H33NO3. The second-order valence-corrected chi connectivity index (χ2v) is 8.78. The summed E-state index contributed by atoms with van der Waals surface area (Å²) < 4.78 is 10.6. The van der Waals surface area contributed by atoms with Gasteiger partial charge in [-0.2, -0.15) is 0 Å². The molecule has 1 saturated carbocycles. The number of hydrogen-bond acceptors (Lipinski definition) is 4. The number of likely N-dealkylation sites (tertiary alicyclic amines) is 1. The monoisotopic (exact) mass is 407 g/mol. The van der Waals surface area contributed by atoms with Crippen molar-refractivity contribution in [2.75, 3.05) is 33.4 Å². The summed E-state index contributed by atoms with van der Waals surface area (Å²) in [5.74, 6) is 3.26. The molecule has 2 atom stereocenters. The van der Waals surface area contributed by atoms with Crippen molar-refractivity contribution in [2.45, 2.75) is 38.0 Å². The maximum atomic E-state index is 11.3. The summed E-state index contributed by atoms with van der Waals surface area (Å²) in [6, 6.07) is 18.8. The van der Waals surface area contributed by atoms with Crippen LogP contribution in [0.4, 0.5) is 0 Å². The van der Waals surface area contributed by atoms with E-state index in [1.54, 1.807) is 0 Å². The van der Waals surface area contributed by atoms with Gasteiger partial charge in [0.1, 0.15) is 12.4 Å². The molecule has 0 aromatic heterocycles. The molecule has 0 bridgehead atoms. The van der Waals surface area contributed by atoms with Crippen molar-refractivity contribution in [1.29, 1.82) is 0 Å². The fourth-order valence-corrected chi connectivity index (χ4v) is 4.73. The van der Waals surface area contributed by atoms with Gasteiger partial charge in [-0.05, 0) is 79.8 Å². The highest BCUT2D eigenvalue weighted by molar-refractivity contribution is 5.72. The Morgan fingerprint density at radius 1 is 1.03 bits per heavy atom. The molecule has 1 saturated heterocycles. The minimum absolute atomic E-state index is 0.218. The van der Waals surface area contributed by atoms with Crippen LogP contribution < -0.4 is 4.74 Å². The summed E-state index contributed by atoms with van der Waals surface area (Å²) in [6.07, 6.45) is 5.73. The van der Waals surface area contributed by atoms with Gasteiger partial charge in [0, 0.05) is 6.54 Å². The van der Waals surface area contributed by atoms with Crippen molar-refractivity contribution in [3.05, 3.63) is 65.7 Å². The van der Waals surface area contributed by atoms with E-state index in [-0.39, 0.29) is 5.97 Å². The average molecular weight is 408 g/mol. The van der Waals surface area contributed by atoms with E-state index >= 15 is 0 Å². The van der Waals surface area contributed by atoms with Gasteiger partial charge in [0.05, 0.1) is 13.5 Å². The molecule has 2 fully saturated rings. The molecule has 4 nitrogen and oxygen atoms in total. The van der Waals surface area contributed by atoms with Crippen molar-refractivity contribution >= 4 is 5.97 Å². The molecule has 0 radical (unpaired) electrons. The Labute approximate surface area is 180 Å². The third-order valence-corrected chi connectivity index (χ3v) is 6.67. The van der Waals surface area contributed by atoms with Crippen LogP contribution in [0, 0.1) is 11.8 Å². The van der Waals surface area contributed by atoms with E-state index in [9.17, 15) is 4.79 Å². The topological polar surface area (TPSA) is 38.8 Å². The molecule has 4 heteroatoms. The third kappa shape index (κ3) is 5.85. The lowest BCUT2D eigenvalue weighted by molar-refractivity contribution is -0.139. The van der Waals surface area contributed by atoms with Crippen LogP contribution in [0.5, 0.6) is 5.75 Å². The Morgan fingerprint density at radius 3 is 2.47 bits per heavy atom. The van der Waals surface area contributed by atoms with Crippen LogP contribution >= 0.6 is 0 Å². The normalized spacial score (nSPS) is 21.9. The van der Waals surface area contributed by atoms with Gasteiger partial charge in [-0.15, -0.1) is 0 Å². The van der Waals surface area contributed by atoms with E-state index in [2.05, 4.69) is 35.2 Å². The number of ether oxygens (including phenoxy) is 2. The summed E-state index contributed by atoms with van der Waals surface area (Å²) in [5, 5.41) is 0. The molecule has 0 N–H and O–H groups in total. The predicted molar refractivity (Wildman–Crippen MR) is 119 cm³/mol. The molecule has 2 aromatic carbocycles. The van der Waals surface area contributed by atoms with Gasteiger partial charge in [-0.25, -0.2) is 0 Å². The number of esters is 1. The zero-order chi connectivity index (χ0) is 20.8. The molecular weight excluding hydrogens is 374 g/mol. The van der Waals surface area contributed by atoms with Crippen LogP contribution in [0.15, 0.2) is 54.6 Å². The van der Waals surface area contributed by atoms with E-state index in [0.29, 0.717) is 13.0 Å². The molecule has 30 heavy (non-hydrogen) atoms. The third-order valence-electron chi connectivity index (χ3n) is 6.67. The Bertz CT molecular complexity index is 797. The maximum absolute atomic E-state index is 11.3. The molecule has 0 amide bonds. The Hall–Kier alpha value is -2.33. The fourth-order valence-electron chi connectivity index (χ4n) is 4.73. The van der Waals surface area contributed by atoms with E-state index < -0.39 is 0 Å². The van der Waals surface area contributed by atoms with Gasteiger partial charge < -0.3 is 9.47 Å². The second kappa shape index (κ2) is 10.1. The molecule has 1 heterocycles. The number of carbonyl (C=O) groups is 1. The minimum atomic E-state index is -0.218. The fraction of sp³-hybridized carbons (Fsp3) is 0.500. The summed E-state index contributed by atoms with van der Waals surface area (Å²) in [5.41, 5.74) is 2.48. The SMILES string of the molecule is COC(=O)Cc1ccc(OCCN2CCC(C[C@@H]3C[C@H]3c3ccccc3)CC2)cc1. The quantitative estimate of drug-likeness (QED) is 0.566. The Kier molecular flexibility index (Phi) is 7.06. The van der Waals surface area contributed by atoms with Crippen LogP contribution in [0.1, 0.15) is 42.7 Å². The highest BCUT2D eigenvalue weighted by Gasteiger charge is 2.39. The van der Waals surface area contributed by atoms with Gasteiger partial charge >= 0.3 is 5.97 Å². The molecule has 4 rings (SSSR count). The summed E-state index contributed by atoms with van der Waals surface area (Å²) in [4.78, 5) is 13.9. The lowest BCUT2D eigenvalue weighted by atomic mass is 9.90. The molecule has 160 valence electrons. The minimum Gasteiger partial charge on any atom is -0.492 e. The maximum Gasteiger partial charge on any atom is 0.309 e. The van der Waals surface area contributed by atoms with E-state index in [1.165, 1.54) is 51.4 Å². The molecule has 0 unspecified atom stereocenters. The van der Waals surface area contributed by atoms with Crippen LogP contribution in [0.2, 0.25) is 0 Å². The van der Waals surface area contributed by atoms with Crippen LogP contribution in [0.3, 0.4) is 0 Å². The summed E-state index contributed by atoms with van der Waals surface area (Å²) in [6.45, 7) is 4.07. The second-order valence-electron chi connectivity index (χ2n) is 8.78. The van der Waals surface area contributed by atoms with Gasteiger partial charge in [0.15, 0.2) is 0 Å². The number of methoxy groups -OCH3 is 1. The number of piperidine rings is 1. The van der Waals surface area contributed by atoms with Gasteiger partial charge in [0.25, 0.3) is 0 Å². The molecule has 0 spiro atoms. The standard InChI is InChI=1S/C26H33NO3/c1-29-26(28)18-20-7-9-24(10-8-20)30-16-15-27-13-11-21(12-14-27)17-23-19-25(23)22-5-3-2-4-6-22/h2-10,21,23,25H,11-19H2,1H3/t23-,25+/m1/s1. The lowest BCUT2D eigenvalue weighted by Gasteiger charge is -2.32. The first-order chi connectivity index (χ1) is 14.7. The van der Waals surface area contributed by atoms with Gasteiger partial charge in [-0.1, -0.05) is 42.5 Å². The van der Waals surface area contributed by atoms with Crippen molar-refractivity contribution in [2.24, 2.45) is 11.8 Å². The van der Waals surface area contributed by atoms with Crippen molar-refractivity contribution < 1.29 is 14.3 Å². The molecule has 1 aliphatic heterocycles. The number of carbonyl (C=O) groups excluding carboxylic acids is 1. The van der Waals surface area contributed by atoms with Crippen LogP contribution in [-0.4, -0.2) is 44.2 Å². The summed E-state index contributed by atoms with van der Waals surface area (Å²) in [7, 11) is 1.41. The molecule has 2 aromatic rings. The molecule has 1 aliphatic carbocycles. The largest absolute Gasteiger partial charge is 0.492 e. The first-order valence-corrected chi connectivity index (χ1v) is 11.3. The van der Waals surface area contributed by atoms with Gasteiger partial charge in [-0.3, -0.25) is 9.69 Å².